The highest BCUT2D eigenvalue weighted by molar-refractivity contribution is 6.10. The van der Waals surface area contributed by atoms with Crippen LogP contribution in [0.1, 0.15) is 44.9 Å². The lowest BCUT2D eigenvalue weighted by Gasteiger charge is -2.22. The van der Waals surface area contributed by atoms with Crippen molar-refractivity contribution in [1.29, 1.82) is 0 Å². The van der Waals surface area contributed by atoms with Crippen LogP contribution in [0.15, 0.2) is 140 Å². The molecular formula is C41H28. The van der Waals surface area contributed by atoms with E-state index in [1.54, 1.807) is 0 Å². The van der Waals surface area contributed by atoms with Crippen molar-refractivity contribution in [3.8, 4) is 33.4 Å². The van der Waals surface area contributed by atoms with Crippen LogP contribution in [0.2, 0.25) is 0 Å². The average Bonchev–Trinajstić information content (AvgIpc) is 3.70. The van der Waals surface area contributed by atoms with Gasteiger partial charge in [-0.05, 0) is 96.3 Å². The van der Waals surface area contributed by atoms with Crippen LogP contribution in [-0.2, 0) is 12.8 Å². The molecule has 9 rings (SSSR count). The number of allylic oxidation sites excluding steroid dienone is 2. The van der Waals surface area contributed by atoms with E-state index in [-0.39, 0.29) is 5.92 Å². The lowest BCUT2D eigenvalue weighted by Crippen LogP contribution is -2.03. The Morgan fingerprint density at radius 3 is 1.66 bits per heavy atom. The molecule has 0 saturated carbocycles. The molecule has 0 heteroatoms. The number of benzene rings is 6. The summed E-state index contributed by atoms with van der Waals surface area (Å²) < 4.78 is 0. The Bertz CT molecular complexity index is 2040. The van der Waals surface area contributed by atoms with Gasteiger partial charge in [-0.1, -0.05) is 140 Å². The van der Waals surface area contributed by atoms with Crippen molar-refractivity contribution >= 4 is 11.1 Å². The van der Waals surface area contributed by atoms with Crippen molar-refractivity contribution in [2.45, 2.75) is 18.8 Å². The number of fused-ring (bicyclic) bond motifs is 7. The Kier molecular flexibility index (Phi) is 4.89. The van der Waals surface area contributed by atoms with E-state index in [0.29, 0.717) is 0 Å². The third-order valence-corrected chi connectivity index (χ3v) is 9.46. The summed E-state index contributed by atoms with van der Waals surface area (Å²) in [6, 6.07) is 52.0. The van der Waals surface area contributed by atoms with Gasteiger partial charge >= 0.3 is 0 Å². The lowest BCUT2D eigenvalue weighted by atomic mass is 9.81. The molecule has 192 valence electrons. The van der Waals surface area contributed by atoms with Gasteiger partial charge in [0.15, 0.2) is 0 Å². The minimum Gasteiger partial charge on any atom is -0.0622 e. The van der Waals surface area contributed by atoms with Crippen LogP contribution in [0, 0.1) is 0 Å². The van der Waals surface area contributed by atoms with Crippen LogP contribution in [-0.4, -0.2) is 0 Å². The Morgan fingerprint density at radius 1 is 0.366 bits per heavy atom. The topological polar surface area (TPSA) is 0 Å². The summed E-state index contributed by atoms with van der Waals surface area (Å²) in [4.78, 5) is 0. The lowest BCUT2D eigenvalue weighted by molar-refractivity contribution is 1.06. The van der Waals surface area contributed by atoms with E-state index < -0.39 is 0 Å². The smallest absolute Gasteiger partial charge is 0.0355 e. The van der Waals surface area contributed by atoms with Crippen LogP contribution in [0.4, 0.5) is 0 Å². The van der Waals surface area contributed by atoms with Crippen LogP contribution in [0.3, 0.4) is 0 Å². The highest BCUT2D eigenvalue weighted by Crippen LogP contribution is 2.58. The maximum atomic E-state index is 2.36. The van der Waals surface area contributed by atoms with Gasteiger partial charge in [0, 0.05) is 5.92 Å². The van der Waals surface area contributed by atoms with Crippen LogP contribution in [0.25, 0.3) is 44.5 Å². The van der Waals surface area contributed by atoms with Gasteiger partial charge in [0.2, 0.25) is 0 Å². The first-order valence-electron chi connectivity index (χ1n) is 14.7. The zero-order valence-corrected chi connectivity index (χ0v) is 22.8. The summed E-state index contributed by atoms with van der Waals surface area (Å²) in [6.45, 7) is 0. The Balaban J connectivity index is 1.28. The van der Waals surface area contributed by atoms with Gasteiger partial charge in [-0.25, -0.2) is 0 Å². The summed E-state index contributed by atoms with van der Waals surface area (Å²) in [5.41, 5.74) is 21.1. The van der Waals surface area contributed by atoms with Gasteiger partial charge in [-0.15, -0.1) is 0 Å². The quantitative estimate of drug-likeness (QED) is 0.217. The highest BCUT2D eigenvalue weighted by atomic mass is 14.4. The van der Waals surface area contributed by atoms with Crippen molar-refractivity contribution < 1.29 is 0 Å². The monoisotopic (exact) mass is 520 g/mol. The van der Waals surface area contributed by atoms with Crippen molar-refractivity contribution in [2.75, 3.05) is 0 Å². The van der Waals surface area contributed by atoms with Gasteiger partial charge in [-0.2, -0.15) is 0 Å². The zero-order chi connectivity index (χ0) is 26.9. The molecule has 6 aromatic rings. The summed E-state index contributed by atoms with van der Waals surface area (Å²) in [6.07, 6.45) is 2.00. The van der Waals surface area contributed by atoms with Gasteiger partial charge in [-0.3, -0.25) is 0 Å². The van der Waals surface area contributed by atoms with E-state index in [2.05, 4.69) is 140 Å². The van der Waals surface area contributed by atoms with Gasteiger partial charge < -0.3 is 0 Å². The van der Waals surface area contributed by atoms with E-state index in [4.69, 9.17) is 0 Å². The molecule has 0 amide bonds. The molecule has 41 heavy (non-hydrogen) atoms. The van der Waals surface area contributed by atoms with Crippen LogP contribution >= 0.6 is 0 Å². The standard InChI is InChI=1S/C41H28/c1-2-12-26(13-3-1)39-35-21-9-8-20-33(35)37-25-29-16-11-23-36(40(29)41(37)39)32-19-7-6-18-31(32)34-22-10-15-28-24-27-14-4-5-17-30(27)38(28)34/h1-23,39H,24-25H2. The van der Waals surface area contributed by atoms with E-state index in [1.165, 1.54) is 83.5 Å². The minimum absolute atomic E-state index is 0.254. The average molecular weight is 521 g/mol. The minimum atomic E-state index is 0.254. The molecule has 0 spiro atoms. The summed E-state index contributed by atoms with van der Waals surface area (Å²) in [7, 11) is 0. The second kappa shape index (κ2) is 8.78. The molecule has 3 aliphatic rings. The largest absolute Gasteiger partial charge is 0.0622 e. The molecule has 3 aliphatic carbocycles. The fourth-order valence-corrected chi connectivity index (χ4v) is 7.82. The van der Waals surface area contributed by atoms with E-state index >= 15 is 0 Å². The first-order valence-corrected chi connectivity index (χ1v) is 14.7. The van der Waals surface area contributed by atoms with Crippen molar-refractivity contribution in [2.24, 2.45) is 0 Å². The predicted octanol–water partition coefficient (Wildman–Crippen LogP) is 10.2. The molecule has 0 aliphatic heterocycles. The Hall–Kier alpha value is -4.94. The fraction of sp³-hybridized carbons (Fsp3) is 0.0732. The van der Waals surface area contributed by atoms with Crippen LogP contribution in [0.5, 0.6) is 0 Å². The molecule has 1 atom stereocenters. The molecule has 0 saturated heterocycles. The van der Waals surface area contributed by atoms with Crippen molar-refractivity contribution in [3.63, 3.8) is 0 Å². The molecule has 0 bridgehead atoms. The first kappa shape index (κ1) is 22.8. The van der Waals surface area contributed by atoms with Crippen LogP contribution < -0.4 is 0 Å². The third-order valence-electron chi connectivity index (χ3n) is 9.46. The van der Waals surface area contributed by atoms with E-state index in [9.17, 15) is 0 Å². The molecule has 0 aromatic heterocycles. The normalized spacial score (nSPS) is 15.8. The van der Waals surface area contributed by atoms with E-state index in [1.807, 2.05) is 0 Å². The van der Waals surface area contributed by atoms with Gasteiger partial charge in [0.1, 0.15) is 0 Å². The zero-order valence-electron chi connectivity index (χ0n) is 22.8. The third kappa shape index (κ3) is 3.28. The maximum absolute atomic E-state index is 2.36. The Morgan fingerprint density at radius 2 is 0.902 bits per heavy atom. The summed E-state index contributed by atoms with van der Waals surface area (Å²) in [5.74, 6) is 0.254. The molecule has 6 aromatic carbocycles. The number of hydrogen-bond donors (Lipinski definition) is 0. The second-order valence-corrected chi connectivity index (χ2v) is 11.6. The molecule has 0 radical (unpaired) electrons. The Labute approximate surface area is 241 Å². The summed E-state index contributed by atoms with van der Waals surface area (Å²) >= 11 is 0. The molecule has 1 unspecified atom stereocenters. The molecule has 0 nitrogen and oxygen atoms in total. The van der Waals surface area contributed by atoms with Crippen molar-refractivity contribution in [3.05, 3.63) is 178 Å². The number of rotatable bonds is 3. The predicted molar refractivity (Wildman–Crippen MR) is 171 cm³/mol. The summed E-state index contributed by atoms with van der Waals surface area (Å²) in [5, 5.41) is 0. The van der Waals surface area contributed by atoms with E-state index in [0.717, 1.165) is 12.8 Å². The van der Waals surface area contributed by atoms with Gasteiger partial charge in [0.25, 0.3) is 0 Å². The molecule has 0 N–H and O–H groups in total. The SMILES string of the molecule is c1ccc(C2C3=C(Cc4cccc(-c5ccccc5-c5cccc6c5-c5ccccc5C6)c43)c3ccccc32)cc1. The molecule has 0 heterocycles. The van der Waals surface area contributed by atoms with Crippen molar-refractivity contribution in [1.82, 2.24) is 0 Å². The number of hydrogen-bond acceptors (Lipinski definition) is 0. The first-order chi connectivity index (χ1) is 20.4. The highest BCUT2D eigenvalue weighted by Gasteiger charge is 2.39. The maximum Gasteiger partial charge on any atom is 0.0355 e. The molecular weight excluding hydrogens is 492 g/mol. The fourth-order valence-electron chi connectivity index (χ4n) is 7.82. The molecule has 0 fully saturated rings. The second-order valence-electron chi connectivity index (χ2n) is 11.6. The van der Waals surface area contributed by atoms with Gasteiger partial charge in [0.05, 0.1) is 0 Å².